The molecular weight excluding hydrogens is 226 g/mol. The summed E-state index contributed by atoms with van der Waals surface area (Å²) in [7, 11) is -3.37. The number of hydrogen-bond donors (Lipinski definition) is 1. The van der Waals surface area contributed by atoms with E-state index in [2.05, 4.69) is 6.92 Å². The Bertz CT molecular complexity index is 302. The second kappa shape index (κ2) is 5.98. The monoisotopic (exact) mass is 249 g/mol. The van der Waals surface area contributed by atoms with Crippen molar-refractivity contribution in [2.45, 2.75) is 45.6 Å². The third kappa shape index (κ3) is 5.27. The van der Waals surface area contributed by atoms with Crippen molar-refractivity contribution >= 4 is 10.0 Å². The fourth-order valence-corrected chi connectivity index (χ4v) is 3.15. The summed E-state index contributed by atoms with van der Waals surface area (Å²) in [6.07, 6.45) is 5.13. The van der Waals surface area contributed by atoms with Crippen LogP contribution in [-0.2, 0) is 14.8 Å². The first-order chi connectivity index (χ1) is 7.38. The first-order valence-electron chi connectivity index (χ1n) is 6.00. The molecule has 5 heteroatoms. The Labute approximate surface area is 98.6 Å². The molecule has 1 aliphatic rings. The molecule has 1 fully saturated rings. The van der Waals surface area contributed by atoms with Crippen molar-refractivity contribution in [2.24, 2.45) is 17.0 Å². The topological polar surface area (TPSA) is 69.4 Å². The second-order valence-electron chi connectivity index (χ2n) is 5.07. The lowest BCUT2D eigenvalue weighted by Gasteiger charge is -2.29. The molecule has 0 amide bonds. The van der Waals surface area contributed by atoms with Gasteiger partial charge in [-0.1, -0.05) is 26.7 Å². The molecule has 0 bridgehead atoms. The SMILES string of the molecule is CC(COC1CCCCC1C)CS(N)(=O)=O. The second-order valence-corrected chi connectivity index (χ2v) is 6.73. The van der Waals surface area contributed by atoms with Crippen molar-refractivity contribution in [3.05, 3.63) is 0 Å². The summed E-state index contributed by atoms with van der Waals surface area (Å²) in [6.45, 7) is 4.55. The molecule has 16 heavy (non-hydrogen) atoms. The molecule has 1 aliphatic carbocycles. The van der Waals surface area contributed by atoms with E-state index in [1.54, 1.807) is 0 Å². The molecule has 2 N–H and O–H groups in total. The Morgan fingerprint density at radius 2 is 2.00 bits per heavy atom. The molecule has 3 atom stereocenters. The van der Waals surface area contributed by atoms with Crippen molar-refractivity contribution in [2.75, 3.05) is 12.4 Å². The third-order valence-electron chi connectivity index (χ3n) is 3.14. The standard InChI is InChI=1S/C11H23NO3S/c1-9(8-16(12,13)14)7-15-11-6-4-3-5-10(11)2/h9-11H,3-8H2,1-2H3,(H2,12,13,14). The van der Waals surface area contributed by atoms with Crippen molar-refractivity contribution < 1.29 is 13.2 Å². The van der Waals surface area contributed by atoms with Crippen LogP contribution in [-0.4, -0.2) is 26.9 Å². The van der Waals surface area contributed by atoms with Gasteiger partial charge in [-0.3, -0.25) is 0 Å². The van der Waals surface area contributed by atoms with Gasteiger partial charge in [0.25, 0.3) is 0 Å². The maximum absolute atomic E-state index is 10.9. The van der Waals surface area contributed by atoms with Gasteiger partial charge in [0.2, 0.25) is 10.0 Å². The summed E-state index contributed by atoms with van der Waals surface area (Å²) in [4.78, 5) is 0. The molecule has 0 spiro atoms. The zero-order chi connectivity index (χ0) is 12.2. The third-order valence-corrected chi connectivity index (χ3v) is 4.18. The van der Waals surface area contributed by atoms with Gasteiger partial charge in [-0.15, -0.1) is 0 Å². The molecule has 0 aromatic carbocycles. The first-order valence-corrected chi connectivity index (χ1v) is 7.72. The smallest absolute Gasteiger partial charge is 0.209 e. The minimum Gasteiger partial charge on any atom is -0.378 e. The van der Waals surface area contributed by atoms with E-state index in [0.29, 0.717) is 18.6 Å². The molecule has 0 aliphatic heterocycles. The van der Waals surface area contributed by atoms with Crippen LogP contribution in [0.4, 0.5) is 0 Å². The fourth-order valence-electron chi connectivity index (χ4n) is 2.26. The highest BCUT2D eigenvalue weighted by Gasteiger charge is 2.22. The molecule has 0 saturated heterocycles. The number of hydrogen-bond acceptors (Lipinski definition) is 3. The van der Waals surface area contributed by atoms with Gasteiger partial charge in [-0.2, -0.15) is 0 Å². The van der Waals surface area contributed by atoms with E-state index in [0.717, 1.165) is 6.42 Å². The molecule has 4 nitrogen and oxygen atoms in total. The molecule has 1 saturated carbocycles. The van der Waals surface area contributed by atoms with Crippen LogP contribution < -0.4 is 5.14 Å². The zero-order valence-corrected chi connectivity index (χ0v) is 11.0. The van der Waals surface area contributed by atoms with Crippen LogP contribution in [0.25, 0.3) is 0 Å². The van der Waals surface area contributed by atoms with Gasteiger partial charge < -0.3 is 4.74 Å². The maximum atomic E-state index is 10.9. The number of primary sulfonamides is 1. The van der Waals surface area contributed by atoms with Crippen molar-refractivity contribution in [1.82, 2.24) is 0 Å². The lowest BCUT2D eigenvalue weighted by atomic mass is 9.88. The minimum absolute atomic E-state index is 0.00804. The predicted molar refractivity (Wildman–Crippen MR) is 64.5 cm³/mol. The fraction of sp³-hybridized carbons (Fsp3) is 1.00. The zero-order valence-electron chi connectivity index (χ0n) is 10.2. The molecule has 0 aromatic heterocycles. The van der Waals surface area contributed by atoms with Crippen LogP contribution in [0.15, 0.2) is 0 Å². The van der Waals surface area contributed by atoms with Crippen LogP contribution in [0.3, 0.4) is 0 Å². The van der Waals surface area contributed by atoms with E-state index in [9.17, 15) is 8.42 Å². The number of nitrogens with two attached hydrogens (primary N) is 1. The first kappa shape index (κ1) is 13.9. The van der Waals surface area contributed by atoms with Crippen molar-refractivity contribution in [1.29, 1.82) is 0 Å². The number of rotatable bonds is 5. The summed E-state index contributed by atoms with van der Waals surface area (Å²) >= 11 is 0. The van der Waals surface area contributed by atoms with E-state index >= 15 is 0 Å². The molecule has 96 valence electrons. The minimum atomic E-state index is -3.37. The van der Waals surface area contributed by atoms with E-state index in [4.69, 9.17) is 9.88 Å². The summed E-state index contributed by atoms with van der Waals surface area (Å²) in [5.41, 5.74) is 0. The summed E-state index contributed by atoms with van der Waals surface area (Å²) in [6, 6.07) is 0. The van der Waals surface area contributed by atoms with E-state index in [1.165, 1.54) is 19.3 Å². The Kier molecular flexibility index (Phi) is 5.21. The molecule has 1 rings (SSSR count). The largest absolute Gasteiger partial charge is 0.378 e. The van der Waals surface area contributed by atoms with Crippen molar-refractivity contribution in [3.63, 3.8) is 0 Å². The van der Waals surface area contributed by atoms with E-state index in [-0.39, 0.29) is 11.7 Å². The lowest BCUT2D eigenvalue weighted by Crippen LogP contribution is -2.30. The van der Waals surface area contributed by atoms with Crippen LogP contribution in [0.2, 0.25) is 0 Å². The Balaban J connectivity index is 2.28. The van der Waals surface area contributed by atoms with Crippen LogP contribution in [0.1, 0.15) is 39.5 Å². The van der Waals surface area contributed by atoms with Crippen molar-refractivity contribution in [3.8, 4) is 0 Å². The van der Waals surface area contributed by atoms with E-state index < -0.39 is 10.0 Å². The number of sulfonamides is 1. The van der Waals surface area contributed by atoms with Gasteiger partial charge in [-0.05, 0) is 24.7 Å². The highest BCUT2D eigenvalue weighted by atomic mass is 32.2. The highest BCUT2D eigenvalue weighted by molar-refractivity contribution is 7.89. The summed E-state index contributed by atoms with van der Waals surface area (Å²) in [5.74, 6) is 0.577. The highest BCUT2D eigenvalue weighted by Crippen LogP contribution is 2.26. The quantitative estimate of drug-likeness (QED) is 0.803. The average Bonchev–Trinajstić information content (AvgIpc) is 2.14. The van der Waals surface area contributed by atoms with Gasteiger partial charge in [0, 0.05) is 0 Å². The van der Waals surface area contributed by atoms with Gasteiger partial charge in [0.05, 0.1) is 18.5 Å². The number of ether oxygens (including phenoxy) is 1. The summed E-state index contributed by atoms with van der Waals surface area (Å²) < 4.78 is 27.5. The van der Waals surface area contributed by atoms with Crippen LogP contribution in [0, 0.1) is 11.8 Å². The van der Waals surface area contributed by atoms with E-state index in [1.807, 2.05) is 6.92 Å². The van der Waals surface area contributed by atoms with Gasteiger partial charge in [0.1, 0.15) is 0 Å². The maximum Gasteiger partial charge on any atom is 0.209 e. The van der Waals surface area contributed by atoms with Gasteiger partial charge >= 0.3 is 0 Å². The molecule has 0 heterocycles. The Morgan fingerprint density at radius 1 is 1.38 bits per heavy atom. The molecule has 0 aromatic rings. The average molecular weight is 249 g/mol. The Morgan fingerprint density at radius 3 is 2.56 bits per heavy atom. The molecular formula is C11H23NO3S. The Hall–Kier alpha value is -0.130. The molecule has 0 radical (unpaired) electrons. The molecule has 3 unspecified atom stereocenters. The van der Waals surface area contributed by atoms with Crippen LogP contribution >= 0.6 is 0 Å². The van der Waals surface area contributed by atoms with Gasteiger partial charge in [0.15, 0.2) is 0 Å². The predicted octanol–water partition coefficient (Wildman–Crippen LogP) is 1.51. The lowest BCUT2D eigenvalue weighted by molar-refractivity contribution is -0.0166. The van der Waals surface area contributed by atoms with Crippen LogP contribution in [0.5, 0.6) is 0 Å². The normalized spacial score (nSPS) is 28.9. The van der Waals surface area contributed by atoms with Gasteiger partial charge in [-0.25, -0.2) is 13.6 Å². The summed E-state index contributed by atoms with van der Waals surface area (Å²) in [5, 5.41) is 4.99.